The van der Waals surface area contributed by atoms with Crippen LogP contribution in [0.2, 0.25) is 0 Å². The van der Waals surface area contributed by atoms with Gasteiger partial charge in [-0.2, -0.15) is 0 Å². The standard InChI is InChI=1S/C21H19N3O2S/c1-12(2)24(3)18-10-15-8-14(21(25)26)4-6-16(15)23-20(18)13-5-7-19-17(9-13)22-11-27-19/h4-12H,1-3H3,(H,25,26). The Morgan fingerprint density at radius 3 is 2.67 bits per heavy atom. The Balaban J connectivity index is 1.97. The highest BCUT2D eigenvalue weighted by Gasteiger charge is 2.16. The van der Waals surface area contributed by atoms with Crippen LogP contribution in [-0.2, 0) is 0 Å². The van der Waals surface area contributed by atoms with Crippen LogP contribution in [0.5, 0.6) is 0 Å². The van der Waals surface area contributed by atoms with Gasteiger partial charge in [-0.1, -0.05) is 6.07 Å². The molecule has 0 spiro atoms. The van der Waals surface area contributed by atoms with E-state index in [2.05, 4.69) is 41.9 Å². The van der Waals surface area contributed by atoms with Crippen molar-refractivity contribution in [1.29, 1.82) is 0 Å². The average Bonchev–Trinajstić information content (AvgIpc) is 3.13. The minimum atomic E-state index is -0.936. The predicted molar refractivity (Wildman–Crippen MR) is 111 cm³/mol. The lowest BCUT2D eigenvalue weighted by Gasteiger charge is -2.26. The monoisotopic (exact) mass is 377 g/mol. The van der Waals surface area contributed by atoms with Gasteiger partial charge < -0.3 is 10.0 Å². The second-order valence-electron chi connectivity index (χ2n) is 6.81. The third kappa shape index (κ3) is 3.13. The molecule has 0 aliphatic rings. The van der Waals surface area contributed by atoms with E-state index in [-0.39, 0.29) is 11.6 Å². The van der Waals surface area contributed by atoms with Crippen LogP contribution in [-0.4, -0.2) is 34.1 Å². The summed E-state index contributed by atoms with van der Waals surface area (Å²) in [5.41, 5.74) is 6.68. The highest BCUT2D eigenvalue weighted by molar-refractivity contribution is 7.16. The summed E-state index contributed by atoms with van der Waals surface area (Å²) in [6.07, 6.45) is 0. The topological polar surface area (TPSA) is 66.3 Å². The lowest BCUT2D eigenvalue weighted by Crippen LogP contribution is -2.26. The van der Waals surface area contributed by atoms with Crippen molar-refractivity contribution in [2.24, 2.45) is 0 Å². The van der Waals surface area contributed by atoms with Crippen LogP contribution in [0, 0.1) is 0 Å². The molecule has 1 N–H and O–H groups in total. The molecule has 4 aromatic rings. The van der Waals surface area contributed by atoms with Crippen LogP contribution < -0.4 is 4.90 Å². The number of carboxylic acid groups (broad SMARTS) is 1. The lowest BCUT2D eigenvalue weighted by atomic mass is 10.0. The first-order chi connectivity index (χ1) is 12.9. The van der Waals surface area contributed by atoms with Gasteiger partial charge in [0.15, 0.2) is 0 Å². The fourth-order valence-corrected chi connectivity index (χ4v) is 3.72. The van der Waals surface area contributed by atoms with E-state index in [4.69, 9.17) is 4.98 Å². The largest absolute Gasteiger partial charge is 0.478 e. The summed E-state index contributed by atoms with van der Waals surface area (Å²) in [5, 5.41) is 10.1. The molecule has 0 unspecified atom stereocenters. The van der Waals surface area contributed by atoms with E-state index >= 15 is 0 Å². The quantitative estimate of drug-likeness (QED) is 0.539. The van der Waals surface area contributed by atoms with Crippen molar-refractivity contribution in [3.8, 4) is 11.3 Å². The molecule has 0 atom stereocenters. The molecule has 0 aliphatic carbocycles. The second-order valence-corrected chi connectivity index (χ2v) is 7.69. The number of carboxylic acids is 1. The number of aromatic nitrogens is 2. The van der Waals surface area contributed by atoms with Crippen molar-refractivity contribution in [2.45, 2.75) is 19.9 Å². The summed E-state index contributed by atoms with van der Waals surface area (Å²) in [7, 11) is 2.03. The van der Waals surface area contributed by atoms with Gasteiger partial charge in [-0.25, -0.2) is 14.8 Å². The Labute approximate surface area is 160 Å². The van der Waals surface area contributed by atoms with Gasteiger partial charge in [0.2, 0.25) is 0 Å². The van der Waals surface area contributed by atoms with Gasteiger partial charge in [0.25, 0.3) is 0 Å². The molecule has 0 fully saturated rings. The van der Waals surface area contributed by atoms with Crippen LogP contribution in [0.3, 0.4) is 0 Å². The normalized spacial score (nSPS) is 11.4. The van der Waals surface area contributed by atoms with Crippen LogP contribution in [0.25, 0.3) is 32.4 Å². The maximum absolute atomic E-state index is 11.3. The number of aromatic carboxylic acids is 1. The Morgan fingerprint density at radius 2 is 1.93 bits per heavy atom. The number of hydrogen-bond donors (Lipinski definition) is 1. The van der Waals surface area contributed by atoms with E-state index in [9.17, 15) is 9.90 Å². The zero-order valence-corrected chi connectivity index (χ0v) is 16.1. The molecule has 2 heterocycles. The van der Waals surface area contributed by atoms with Crippen LogP contribution in [0.15, 0.2) is 48.0 Å². The molecule has 2 aromatic heterocycles. The van der Waals surface area contributed by atoms with Crippen molar-refractivity contribution in [3.05, 3.63) is 53.5 Å². The van der Waals surface area contributed by atoms with Crippen molar-refractivity contribution in [3.63, 3.8) is 0 Å². The molecule has 2 aromatic carbocycles. The van der Waals surface area contributed by atoms with Gasteiger partial charge in [-0.05, 0) is 50.2 Å². The van der Waals surface area contributed by atoms with Gasteiger partial charge in [0, 0.05) is 24.0 Å². The molecule has 136 valence electrons. The van der Waals surface area contributed by atoms with Crippen LogP contribution in [0.1, 0.15) is 24.2 Å². The summed E-state index contributed by atoms with van der Waals surface area (Å²) in [5.74, 6) is -0.936. The van der Waals surface area contributed by atoms with E-state index in [0.29, 0.717) is 0 Å². The summed E-state index contributed by atoms with van der Waals surface area (Å²) in [6, 6.07) is 13.5. The Kier molecular flexibility index (Phi) is 4.28. The SMILES string of the molecule is CC(C)N(C)c1cc2cc(C(=O)O)ccc2nc1-c1ccc2scnc2c1. The van der Waals surface area contributed by atoms with Crippen LogP contribution in [0.4, 0.5) is 5.69 Å². The van der Waals surface area contributed by atoms with E-state index in [1.807, 2.05) is 18.6 Å². The maximum atomic E-state index is 11.3. The number of thiazole rings is 1. The van der Waals surface area contributed by atoms with Gasteiger partial charge in [-0.15, -0.1) is 11.3 Å². The van der Waals surface area contributed by atoms with Gasteiger partial charge >= 0.3 is 5.97 Å². The molecular weight excluding hydrogens is 358 g/mol. The minimum Gasteiger partial charge on any atom is -0.478 e. The molecule has 4 rings (SSSR count). The molecule has 0 radical (unpaired) electrons. The van der Waals surface area contributed by atoms with Crippen molar-refractivity contribution >= 4 is 44.1 Å². The zero-order valence-electron chi connectivity index (χ0n) is 15.3. The van der Waals surface area contributed by atoms with Gasteiger partial charge in [0.1, 0.15) is 0 Å². The summed E-state index contributed by atoms with van der Waals surface area (Å²) in [6.45, 7) is 4.23. The number of benzene rings is 2. The molecule has 5 nitrogen and oxygen atoms in total. The molecule has 0 amide bonds. The smallest absolute Gasteiger partial charge is 0.335 e. The third-order valence-electron chi connectivity index (χ3n) is 4.80. The number of fused-ring (bicyclic) bond motifs is 2. The molecule has 0 aliphatic heterocycles. The van der Waals surface area contributed by atoms with Gasteiger partial charge in [0.05, 0.1) is 38.2 Å². The number of rotatable bonds is 4. The number of anilines is 1. The first-order valence-corrected chi connectivity index (χ1v) is 9.56. The number of pyridine rings is 1. The molecule has 0 saturated heterocycles. The van der Waals surface area contributed by atoms with E-state index in [0.717, 1.165) is 38.1 Å². The average molecular weight is 377 g/mol. The highest BCUT2D eigenvalue weighted by atomic mass is 32.1. The first kappa shape index (κ1) is 17.4. The predicted octanol–water partition coefficient (Wildman–Crippen LogP) is 5.05. The van der Waals surface area contributed by atoms with E-state index < -0.39 is 5.97 Å². The van der Waals surface area contributed by atoms with Gasteiger partial charge in [-0.3, -0.25) is 0 Å². The van der Waals surface area contributed by atoms with Crippen molar-refractivity contribution in [1.82, 2.24) is 9.97 Å². The highest BCUT2D eigenvalue weighted by Crippen LogP contribution is 2.34. The molecular formula is C21H19N3O2S. The van der Waals surface area contributed by atoms with Crippen molar-refractivity contribution < 1.29 is 9.90 Å². The maximum Gasteiger partial charge on any atom is 0.335 e. The third-order valence-corrected chi connectivity index (χ3v) is 5.61. The first-order valence-electron chi connectivity index (χ1n) is 8.68. The fourth-order valence-electron chi connectivity index (χ4n) is 3.06. The summed E-state index contributed by atoms with van der Waals surface area (Å²) in [4.78, 5) is 22.8. The molecule has 0 bridgehead atoms. The Hall–Kier alpha value is -2.99. The molecule has 0 saturated carbocycles. The number of nitrogens with zero attached hydrogens (tertiary/aromatic N) is 3. The second kappa shape index (κ2) is 6.63. The molecule has 27 heavy (non-hydrogen) atoms. The lowest BCUT2D eigenvalue weighted by molar-refractivity contribution is 0.0697. The fraction of sp³-hybridized carbons (Fsp3) is 0.190. The van der Waals surface area contributed by atoms with Crippen LogP contribution >= 0.6 is 11.3 Å². The van der Waals surface area contributed by atoms with E-state index in [1.54, 1.807) is 29.5 Å². The van der Waals surface area contributed by atoms with E-state index in [1.165, 1.54) is 0 Å². The molecule has 6 heteroatoms. The van der Waals surface area contributed by atoms with Crippen molar-refractivity contribution in [2.75, 3.05) is 11.9 Å². The summed E-state index contributed by atoms with van der Waals surface area (Å²) < 4.78 is 1.14. The minimum absolute atomic E-state index is 0.263. The number of hydrogen-bond acceptors (Lipinski definition) is 5. The number of carbonyl (C=O) groups is 1. The summed E-state index contributed by atoms with van der Waals surface area (Å²) >= 11 is 1.62. The Bertz CT molecular complexity index is 1170. The zero-order chi connectivity index (χ0) is 19.1. The Morgan fingerprint density at radius 1 is 1.11 bits per heavy atom.